The Morgan fingerprint density at radius 1 is 1.11 bits per heavy atom. The van der Waals surface area contributed by atoms with E-state index in [0.29, 0.717) is 19.0 Å². The van der Waals surface area contributed by atoms with Crippen LogP contribution in [-0.2, 0) is 6.54 Å². The van der Waals surface area contributed by atoms with E-state index in [4.69, 9.17) is 9.26 Å². The highest BCUT2D eigenvalue weighted by atomic mass is 19.1. The van der Waals surface area contributed by atoms with Crippen LogP contribution in [0.2, 0.25) is 0 Å². The predicted octanol–water partition coefficient (Wildman–Crippen LogP) is 5.29. The summed E-state index contributed by atoms with van der Waals surface area (Å²) >= 11 is 0. The van der Waals surface area contributed by atoms with E-state index in [-0.39, 0.29) is 12.4 Å². The van der Waals surface area contributed by atoms with Crippen LogP contribution in [0, 0.1) is 18.7 Å². The molecule has 1 aliphatic rings. The highest BCUT2D eigenvalue weighted by Crippen LogP contribution is 2.35. The lowest BCUT2D eigenvalue weighted by atomic mass is 10.1. The highest BCUT2D eigenvalue weighted by molar-refractivity contribution is 5.68. The molecule has 0 amide bonds. The van der Waals surface area contributed by atoms with Crippen LogP contribution in [0.5, 0.6) is 5.75 Å². The van der Waals surface area contributed by atoms with Crippen molar-refractivity contribution in [1.29, 1.82) is 0 Å². The molecule has 7 heteroatoms. The summed E-state index contributed by atoms with van der Waals surface area (Å²) < 4.78 is 25.3. The van der Waals surface area contributed by atoms with E-state index in [2.05, 4.69) is 28.8 Å². The number of para-hydroxylation sites is 1. The average Bonchev–Trinajstić information content (AvgIpc) is 3.58. The summed E-state index contributed by atoms with van der Waals surface area (Å²) in [5, 5.41) is 15.3. The molecule has 2 aromatic carbocycles. The van der Waals surface area contributed by atoms with Crippen molar-refractivity contribution in [3.05, 3.63) is 65.5 Å². The second kappa shape index (κ2) is 11.7. The predicted molar refractivity (Wildman–Crippen MR) is 136 cm³/mol. The molecule has 188 valence electrons. The maximum absolute atomic E-state index is 13.6. The van der Waals surface area contributed by atoms with Crippen LogP contribution in [-0.4, -0.2) is 54.1 Å². The number of anilines is 1. The Hall–Kier alpha value is -2.90. The maximum Gasteiger partial charge on any atom is 0.232 e. The van der Waals surface area contributed by atoms with Gasteiger partial charge in [0, 0.05) is 38.3 Å². The van der Waals surface area contributed by atoms with Gasteiger partial charge in [-0.2, -0.15) is 0 Å². The lowest BCUT2D eigenvalue weighted by Crippen LogP contribution is -2.37. The molecule has 1 N–H and O–H groups in total. The number of aromatic nitrogens is 1. The lowest BCUT2D eigenvalue weighted by Gasteiger charge is -2.27. The van der Waals surface area contributed by atoms with E-state index in [1.54, 1.807) is 12.1 Å². The lowest BCUT2D eigenvalue weighted by molar-refractivity contribution is 0.0637. The average molecular weight is 482 g/mol. The van der Waals surface area contributed by atoms with Crippen molar-refractivity contribution < 1.29 is 18.8 Å². The highest BCUT2D eigenvalue weighted by Gasteiger charge is 2.29. The molecule has 6 nitrogen and oxygen atoms in total. The molecule has 35 heavy (non-hydrogen) atoms. The van der Waals surface area contributed by atoms with Gasteiger partial charge in [-0.1, -0.05) is 23.4 Å². The van der Waals surface area contributed by atoms with Gasteiger partial charge in [0.1, 0.15) is 30.0 Å². The normalized spacial score (nSPS) is 14.3. The van der Waals surface area contributed by atoms with Crippen molar-refractivity contribution in [3.63, 3.8) is 0 Å². The quantitative estimate of drug-likeness (QED) is 0.358. The summed E-state index contributed by atoms with van der Waals surface area (Å²) in [6, 6.07) is 14.2. The van der Waals surface area contributed by atoms with Crippen LogP contribution in [0.4, 0.5) is 10.3 Å². The van der Waals surface area contributed by atoms with Crippen LogP contribution in [0.1, 0.15) is 37.8 Å². The fraction of sp³-hybridized carbons (Fsp3) is 0.464. The third-order valence-electron chi connectivity index (χ3n) is 6.52. The first kappa shape index (κ1) is 25.2. The minimum atomic E-state index is -0.639. The van der Waals surface area contributed by atoms with Crippen LogP contribution in [0.15, 0.2) is 53.1 Å². The Kier molecular flexibility index (Phi) is 8.42. The molecule has 4 rings (SSSR count). The van der Waals surface area contributed by atoms with Gasteiger partial charge in [0.2, 0.25) is 5.88 Å². The van der Waals surface area contributed by atoms with Crippen LogP contribution in [0.3, 0.4) is 0 Å². The maximum atomic E-state index is 13.6. The van der Waals surface area contributed by atoms with Crippen LogP contribution < -0.4 is 9.64 Å². The van der Waals surface area contributed by atoms with Gasteiger partial charge in [-0.25, -0.2) is 4.39 Å². The van der Waals surface area contributed by atoms with Gasteiger partial charge in [-0.15, -0.1) is 0 Å². The summed E-state index contributed by atoms with van der Waals surface area (Å²) in [5.74, 6) is 1.89. The van der Waals surface area contributed by atoms with Crippen LogP contribution >= 0.6 is 0 Å². The third-order valence-corrected chi connectivity index (χ3v) is 6.52. The fourth-order valence-corrected chi connectivity index (χ4v) is 4.38. The van der Waals surface area contributed by atoms with Crippen molar-refractivity contribution in [1.82, 2.24) is 10.1 Å². The Morgan fingerprint density at radius 2 is 1.83 bits per heavy atom. The second-order valence-electron chi connectivity index (χ2n) is 9.36. The number of halogens is 1. The zero-order valence-electron chi connectivity index (χ0n) is 20.9. The Morgan fingerprint density at radius 3 is 2.49 bits per heavy atom. The molecule has 1 aliphatic carbocycles. The Labute approximate surface area is 207 Å². The number of aryl methyl sites for hydroxylation is 1. The van der Waals surface area contributed by atoms with Gasteiger partial charge >= 0.3 is 0 Å². The molecule has 0 bridgehead atoms. The molecule has 1 saturated carbocycles. The molecule has 1 atom stereocenters. The molecule has 1 unspecified atom stereocenters. The second-order valence-corrected chi connectivity index (χ2v) is 9.36. The Balaban J connectivity index is 1.54. The summed E-state index contributed by atoms with van der Waals surface area (Å²) in [7, 11) is 0. The van der Waals surface area contributed by atoms with E-state index < -0.39 is 6.10 Å². The first-order valence-corrected chi connectivity index (χ1v) is 12.6. The van der Waals surface area contributed by atoms with Crippen molar-refractivity contribution >= 4 is 5.88 Å². The number of ether oxygens (including phenoxy) is 1. The van der Waals surface area contributed by atoms with Crippen molar-refractivity contribution in [2.75, 3.05) is 37.7 Å². The van der Waals surface area contributed by atoms with E-state index in [1.807, 2.05) is 31.2 Å². The minimum absolute atomic E-state index is 0.226. The molecule has 0 spiro atoms. The molecule has 3 aromatic rings. The van der Waals surface area contributed by atoms with Crippen LogP contribution in [0.25, 0.3) is 11.3 Å². The number of hydrogen-bond donors (Lipinski definition) is 1. The van der Waals surface area contributed by atoms with E-state index in [0.717, 1.165) is 53.7 Å². The number of nitrogens with zero attached hydrogens (tertiary/aromatic N) is 3. The Bertz CT molecular complexity index is 1080. The van der Waals surface area contributed by atoms with E-state index in [1.165, 1.54) is 25.0 Å². The fourth-order valence-electron chi connectivity index (χ4n) is 4.38. The van der Waals surface area contributed by atoms with Crippen molar-refractivity contribution in [2.24, 2.45) is 5.92 Å². The van der Waals surface area contributed by atoms with Gasteiger partial charge in [0.05, 0.1) is 5.56 Å². The van der Waals surface area contributed by atoms with Gasteiger partial charge in [-0.3, -0.25) is 4.90 Å². The standard InChI is InChI=1S/C28H36FN3O3/c1-4-32(5-2)28-25(27(30-35-28)22-12-14-23(29)15-13-22)18-31(16-21-10-11-21)17-24(33)19-34-26-9-7-6-8-20(26)3/h6-9,12-15,21,24,33H,4-5,10-11,16-19H2,1-3H3. The summed E-state index contributed by atoms with van der Waals surface area (Å²) in [6.45, 7) is 9.93. The first-order valence-electron chi connectivity index (χ1n) is 12.6. The van der Waals surface area contributed by atoms with Gasteiger partial charge in [-0.05, 0) is 75.4 Å². The number of benzene rings is 2. The van der Waals surface area contributed by atoms with Crippen molar-refractivity contribution in [2.45, 2.75) is 46.3 Å². The molecule has 1 heterocycles. The molecule has 1 fully saturated rings. The third kappa shape index (κ3) is 6.61. The molecular formula is C28H36FN3O3. The summed E-state index contributed by atoms with van der Waals surface area (Å²) in [5.41, 5.74) is 3.55. The van der Waals surface area contributed by atoms with Gasteiger partial charge in [0.15, 0.2) is 0 Å². The molecular weight excluding hydrogens is 445 g/mol. The number of hydrogen-bond acceptors (Lipinski definition) is 6. The first-order chi connectivity index (χ1) is 17.0. The van der Waals surface area contributed by atoms with Crippen molar-refractivity contribution in [3.8, 4) is 17.0 Å². The largest absolute Gasteiger partial charge is 0.491 e. The number of aliphatic hydroxyl groups excluding tert-OH is 1. The SMILES string of the molecule is CCN(CC)c1onc(-c2ccc(F)cc2)c1CN(CC(O)COc1ccccc1C)CC1CC1. The van der Waals surface area contributed by atoms with Gasteiger partial charge < -0.3 is 19.3 Å². The monoisotopic (exact) mass is 481 g/mol. The molecule has 0 saturated heterocycles. The molecule has 1 aromatic heterocycles. The molecule has 0 radical (unpaired) electrons. The van der Waals surface area contributed by atoms with E-state index >= 15 is 0 Å². The number of rotatable bonds is 13. The minimum Gasteiger partial charge on any atom is -0.491 e. The van der Waals surface area contributed by atoms with Gasteiger partial charge in [0.25, 0.3) is 0 Å². The van der Waals surface area contributed by atoms with E-state index in [9.17, 15) is 9.50 Å². The summed E-state index contributed by atoms with van der Waals surface area (Å²) in [4.78, 5) is 4.42. The topological polar surface area (TPSA) is 62.0 Å². The smallest absolute Gasteiger partial charge is 0.232 e. The summed E-state index contributed by atoms with van der Waals surface area (Å²) in [6.07, 6.45) is 1.78. The zero-order chi connectivity index (χ0) is 24.8. The zero-order valence-corrected chi connectivity index (χ0v) is 20.9. The molecule has 0 aliphatic heterocycles. The number of aliphatic hydroxyl groups is 1.